The number of hydrogen-bond acceptors (Lipinski definition) is 2. The fourth-order valence-corrected chi connectivity index (χ4v) is 3.61. The maximum Gasteiger partial charge on any atom is 0.0486 e. The minimum absolute atomic E-state index is 0.165. The lowest BCUT2D eigenvalue weighted by molar-refractivity contribution is 0.674. The molecule has 2 rings (SSSR count). The van der Waals surface area contributed by atoms with E-state index < -0.39 is 10.8 Å². The Hall–Kier alpha value is -1.45. The highest BCUT2D eigenvalue weighted by molar-refractivity contribution is 7.84. The highest BCUT2D eigenvalue weighted by Gasteiger charge is 2.11. The zero-order valence-electron chi connectivity index (χ0n) is 12.7. The van der Waals surface area contributed by atoms with Crippen molar-refractivity contribution >= 4 is 10.8 Å². The first-order valence-electron chi connectivity index (χ1n) is 7.33. The predicted octanol–water partition coefficient (Wildman–Crippen LogP) is 3.51. The molecule has 0 aliphatic rings. The summed E-state index contributed by atoms with van der Waals surface area (Å²) in [7, 11) is -0.942. The van der Waals surface area contributed by atoms with Gasteiger partial charge in [-0.1, -0.05) is 61.0 Å². The lowest BCUT2D eigenvalue weighted by Gasteiger charge is -2.12. The van der Waals surface area contributed by atoms with Gasteiger partial charge in [-0.25, -0.2) is 0 Å². The Kier molecular flexibility index (Phi) is 5.71. The van der Waals surface area contributed by atoms with E-state index in [4.69, 9.17) is 5.73 Å². The quantitative estimate of drug-likeness (QED) is 0.887. The number of rotatable bonds is 6. The van der Waals surface area contributed by atoms with Crippen LogP contribution in [0.1, 0.15) is 35.2 Å². The van der Waals surface area contributed by atoms with E-state index >= 15 is 0 Å². The first-order chi connectivity index (χ1) is 10.1. The van der Waals surface area contributed by atoms with Crippen LogP contribution in [0.5, 0.6) is 0 Å². The molecule has 0 heterocycles. The first-order valence-corrected chi connectivity index (χ1v) is 8.82. The van der Waals surface area contributed by atoms with Crippen LogP contribution in [0.4, 0.5) is 0 Å². The van der Waals surface area contributed by atoms with Crippen molar-refractivity contribution in [3.63, 3.8) is 0 Å². The van der Waals surface area contributed by atoms with Crippen LogP contribution in [-0.2, 0) is 23.0 Å². The van der Waals surface area contributed by atoms with Gasteiger partial charge in [0.1, 0.15) is 0 Å². The Morgan fingerprint density at radius 2 is 1.81 bits per heavy atom. The van der Waals surface area contributed by atoms with Gasteiger partial charge < -0.3 is 5.73 Å². The molecule has 2 unspecified atom stereocenters. The summed E-state index contributed by atoms with van der Waals surface area (Å²) < 4.78 is 12.3. The fourth-order valence-electron chi connectivity index (χ4n) is 2.34. The van der Waals surface area contributed by atoms with Crippen molar-refractivity contribution in [1.82, 2.24) is 0 Å². The second-order valence-corrected chi connectivity index (χ2v) is 6.94. The third-order valence-electron chi connectivity index (χ3n) is 3.59. The molecule has 0 aliphatic heterocycles. The summed E-state index contributed by atoms with van der Waals surface area (Å²) in [5, 5.41) is 0. The average Bonchev–Trinajstić information content (AvgIpc) is 2.47. The molecule has 0 fully saturated rings. The minimum Gasteiger partial charge on any atom is -0.323 e. The molecule has 2 nitrogen and oxygen atoms in total. The molecular formula is C18H23NOS. The maximum atomic E-state index is 12.3. The summed E-state index contributed by atoms with van der Waals surface area (Å²) >= 11 is 0. The van der Waals surface area contributed by atoms with E-state index in [2.05, 4.69) is 25.1 Å². The van der Waals surface area contributed by atoms with Gasteiger partial charge in [0.05, 0.1) is 0 Å². The molecule has 112 valence electrons. The largest absolute Gasteiger partial charge is 0.323 e. The molecule has 3 heteroatoms. The predicted molar refractivity (Wildman–Crippen MR) is 90.6 cm³/mol. The third kappa shape index (κ3) is 4.80. The van der Waals surface area contributed by atoms with Crippen molar-refractivity contribution < 1.29 is 4.21 Å². The van der Waals surface area contributed by atoms with Gasteiger partial charge in [0, 0.05) is 28.3 Å². The van der Waals surface area contributed by atoms with E-state index in [1.807, 2.05) is 37.3 Å². The molecule has 21 heavy (non-hydrogen) atoms. The molecule has 2 N–H and O–H groups in total. The van der Waals surface area contributed by atoms with Gasteiger partial charge in [-0.15, -0.1) is 0 Å². The van der Waals surface area contributed by atoms with Crippen LogP contribution in [0.15, 0.2) is 48.5 Å². The van der Waals surface area contributed by atoms with E-state index in [9.17, 15) is 4.21 Å². The molecule has 0 bridgehead atoms. The first kappa shape index (κ1) is 15.9. The van der Waals surface area contributed by atoms with E-state index in [1.54, 1.807) is 0 Å². The van der Waals surface area contributed by atoms with Gasteiger partial charge in [-0.05, 0) is 30.0 Å². The summed E-state index contributed by atoms with van der Waals surface area (Å²) in [6.07, 6.45) is 1.02. The Morgan fingerprint density at radius 3 is 2.43 bits per heavy atom. The maximum absolute atomic E-state index is 12.3. The third-order valence-corrected chi connectivity index (χ3v) is 4.98. The zero-order valence-corrected chi connectivity index (χ0v) is 13.5. The monoisotopic (exact) mass is 301 g/mol. The summed E-state index contributed by atoms with van der Waals surface area (Å²) in [5.41, 5.74) is 10.8. The number of aryl methyl sites for hydroxylation is 2. The lowest BCUT2D eigenvalue weighted by atomic mass is 10.1. The summed E-state index contributed by atoms with van der Waals surface area (Å²) in [4.78, 5) is 0. The van der Waals surface area contributed by atoms with Crippen molar-refractivity contribution in [3.8, 4) is 0 Å². The summed E-state index contributed by atoms with van der Waals surface area (Å²) in [6.45, 7) is 4.18. The Morgan fingerprint density at radius 1 is 1.10 bits per heavy atom. The average molecular weight is 301 g/mol. The number of nitrogens with two attached hydrogens (primary N) is 1. The molecule has 0 radical (unpaired) electrons. The molecular weight excluding hydrogens is 278 g/mol. The summed E-state index contributed by atoms with van der Waals surface area (Å²) in [5.74, 6) is 1.07. The molecule has 0 amide bonds. The van der Waals surface area contributed by atoms with Crippen LogP contribution < -0.4 is 5.73 Å². The van der Waals surface area contributed by atoms with Crippen molar-refractivity contribution in [2.75, 3.05) is 5.75 Å². The lowest BCUT2D eigenvalue weighted by Crippen LogP contribution is -2.19. The Labute approximate surface area is 129 Å². The molecule has 0 spiro atoms. The molecule has 0 aliphatic carbocycles. The molecule has 2 atom stereocenters. The van der Waals surface area contributed by atoms with Crippen molar-refractivity contribution in [2.45, 2.75) is 32.1 Å². The Balaban J connectivity index is 1.95. The van der Waals surface area contributed by atoms with Crippen LogP contribution in [0.25, 0.3) is 0 Å². The van der Waals surface area contributed by atoms with Crippen molar-refractivity contribution in [2.24, 2.45) is 5.73 Å². The van der Waals surface area contributed by atoms with Crippen LogP contribution in [0.3, 0.4) is 0 Å². The highest BCUT2D eigenvalue weighted by atomic mass is 32.2. The summed E-state index contributed by atoms with van der Waals surface area (Å²) in [6, 6.07) is 16.3. The van der Waals surface area contributed by atoms with Crippen molar-refractivity contribution in [3.05, 3.63) is 70.8 Å². The second kappa shape index (κ2) is 7.53. The van der Waals surface area contributed by atoms with E-state index in [-0.39, 0.29) is 6.04 Å². The highest BCUT2D eigenvalue weighted by Crippen LogP contribution is 2.15. The van der Waals surface area contributed by atoms with Gasteiger partial charge in [0.25, 0.3) is 0 Å². The number of benzene rings is 2. The molecule has 0 saturated carbocycles. The molecule has 2 aromatic rings. The van der Waals surface area contributed by atoms with Crippen LogP contribution in [-0.4, -0.2) is 9.96 Å². The van der Waals surface area contributed by atoms with Gasteiger partial charge in [0.2, 0.25) is 0 Å². The van der Waals surface area contributed by atoms with Gasteiger partial charge in [-0.3, -0.25) is 4.21 Å². The van der Waals surface area contributed by atoms with E-state index in [0.29, 0.717) is 11.5 Å². The van der Waals surface area contributed by atoms with Gasteiger partial charge in [0.15, 0.2) is 0 Å². The van der Waals surface area contributed by atoms with E-state index in [0.717, 1.165) is 17.5 Å². The molecule has 0 aromatic heterocycles. The van der Waals surface area contributed by atoms with Crippen LogP contribution >= 0.6 is 0 Å². The zero-order chi connectivity index (χ0) is 15.2. The second-order valence-electron chi connectivity index (χ2n) is 5.44. The van der Waals surface area contributed by atoms with Crippen molar-refractivity contribution in [1.29, 1.82) is 0 Å². The SMILES string of the molecule is CCc1ccc(C(N)CS(=O)Cc2cccc(C)c2)cc1. The van der Waals surface area contributed by atoms with Gasteiger partial charge >= 0.3 is 0 Å². The van der Waals surface area contributed by atoms with Crippen LogP contribution in [0, 0.1) is 6.92 Å². The van der Waals surface area contributed by atoms with Crippen LogP contribution in [0.2, 0.25) is 0 Å². The minimum atomic E-state index is -0.942. The molecule has 0 saturated heterocycles. The fraction of sp³-hybridized carbons (Fsp3) is 0.333. The molecule has 2 aromatic carbocycles. The Bertz CT molecular complexity index is 607. The smallest absolute Gasteiger partial charge is 0.0486 e. The topological polar surface area (TPSA) is 43.1 Å². The van der Waals surface area contributed by atoms with Gasteiger partial charge in [-0.2, -0.15) is 0 Å². The normalized spacial score (nSPS) is 13.9. The van der Waals surface area contributed by atoms with E-state index in [1.165, 1.54) is 11.1 Å². The number of hydrogen-bond donors (Lipinski definition) is 1. The standard InChI is InChI=1S/C18H23NOS/c1-3-15-7-9-17(10-8-15)18(19)13-21(20)12-16-6-4-5-14(2)11-16/h4-11,18H,3,12-13,19H2,1-2H3.